The molecule has 1 aromatic heterocycles. The summed E-state index contributed by atoms with van der Waals surface area (Å²) in [6.45, 7) is 0.0696. The molecular formula is C15H14N4O7. The van der Waals surface area contributed by atoms with Crippen LogP contribution in [-0.4, -0.2) is 41.1 Å². The summed E-state index contributed by atoms with van der Waals surface area (Å²) in [5.41, 5.74) is -0.754. The van der Waals surface area contributed by atoms with Crippen molar-refractivity contribution in [2.24, 2.45) is 0 Å². The van der Waals surface area contributed by atoms with Crippen LogP contribution in [0.1, 0.15) is 10.4 Å². The number of nitrogens with one attached hydrogen (secondary N) is 1. The van der Waals surface area contributed by atoms with Gasteiger partial charge in [0.05, 0.1) is 23.5 Å². The Bertz CT molecular complexity index is 823. The number of hydrogen-bond donors (Lipinski definition) is 1. The van der Waals surface area contributed by atoms with Crippen molar-refractivity contribution in [3.63, 3.8) is 0 Å². The lowest BCUT2D eigenvalue weighted by Gasteiger charge is -2.08. The smallest absolute Gasteiger partial charge is 0.345 e. The Morgan fingerprint density at radius 3 is 2.54 bits per heavy atom. The first kappa shape index (κ1) is 18.6. The number of esters is 1. The predicted molar refractivity (Wildman–Crippen MR) is 89.3 cm³/mol. The second-order valence-electron chi connectivity index (χ2n) is 4.86. The van der Waals surface area contributed by atoms with Gasteiger partial charge in [-0.3, -0.25) is 20.2 Å². The molecule has 0 atom stereocenters. The van der Waals surface area contributed by atoms with Crippen LogP contribution >= 0.6 is 0 Å². The summed E-state index contributed by atoms with van der Waals surface area (Å²) in [6.07, 6.45) is 1.09. The maximum atomic E-state index is 12.1. The van der Waals surface area contributed by atoms with E-state index in [0.717, 1.165) is 12.3 Å². The Kier molecular flexibility index (Phi) is 5.98. The normalized spacial score (nSPS) is 10.0. The number of aromatic nitrogens is 1. The molecule has 0 aliphatic carbocycles. The molecule has 0 saturated carbocycles. The number of carbonyl (C=O) groups is 1. The summed E-state index contributed by atoms with van der Waals surface area (Å²) in [7, 11) is 1.37. The van der Waals surface area contributed by atoms with Gasteiger partial charge in [-0.05, 0) is 12.1 Å². The maximum Gasteiger partial charge on any atom is 0.345 e. The fourth-order valence-corrected chi connectivity index (χ4v) is 1.96. The first-order chi connectivity index (χ1) is 12.4. The van der Waals surface area contributed by atoms with Gasteiger partial charge in [-0.1, -0.05) is 0 Å². The monoisotopic (exact) mass is 362 g/mol. The zero-order valence-electron chi connectivity index (χ0n) is 13.6. The molecule has 2 aromatic rings. The summed E-state index contributed by atoms with van der Waals surface area (Å²) < 4.78 is 9.96. The zero-order valence-corrected chi connectivity index (χ0v) is 13.6. The van der Waals surface area contributed by atoms with Crippen molar-refractivity contribution >= 4 is 23.2 Å². The van der Waals surface area contributed by atoms with Gasteiger partial charge in [-0.15, -0.1) is 0 Å². The maximum absolute atomic E-state index is 12.1. The molecule has 1 N–H and O–H groups in total. The number of nitro benzene ring substituents is 1. The number of hydrogen-bond acceptors (Lipinski definition) is 9. The third-order valence-corrected chi connectivity index (χ3v) is 3.22. The number of nitro groups is 2. The van der Waals surface area contributed by atoms with E-state index in [-0.39, 0.29) is 35.8 Å². The van der Waals surface area contributed by atoms with Crippen LogP contribution in [0.4, 0.5) is 17.2 Å². The van der Waals surface area contributed by atoms with Crippen LogP contribution in [0.15, 0.2) is 36.5 Å². The number of benzene rings is 1. The number of pyridine rings is 1. The summed E-state index contributed by atoms with van der Waals surface area (Å²) >= 11 is 0. The van der Waals surface area contributed by atoms with Crippen molar-refractivity contribution in [1.29, 1.82) is 0 Å². The molecule has 11 nitrogen and oxygen atoms in total. The lowest BCUT2D eigenvalue weighted by atomic mass is 10.1. The fraction of sp³-hybridized carbons (Fsp3) is 0.200. The van der Waals surface area contributed by atoms with Crippen molar-refractivity contribution in [2.45, 2.75) is 0 Å². The Morgan fingerprint density at radius 2 is 1.96 bits per heavy atom. The molecule has 2 rings (SSSR count). The molecule has 0 bridgehead atoms. The molecule has 26 heavy (non-hydrogen) atoms. The molecular weight excluding hydrogens is 348 g/mol. The predicted octanol–water partition coefficient (Wildman–Crippen LogP) is 2.18. The van der Waals surface area contributed by atoms with Crippen molar-refractivity contribution in [3.8, 4) is 5.75 Å². The highest BCUT2D eigenvalue weighted by Gasteiger charge is 2.22. The average molecular weight is 362 g/mol. The molecule has 1 aromatic carbocycles. The topological polar surface area (TPSA) is 147 Å². The largest absolute Gasteiger partial charge is 0.497 e. The highest BCUT2D eigenvalue weighted by atomic mass is 16.6. The number of rotatable bonds is 8. The minimum absolute atomic E-state index is 0.0914. The van der Waals surface area contributed by atoms with Crippen LogP contribution in [-0.2, 0) is 4.74 Å². The van der Waals surface area contributed by atoms with Crippen LogP contribution in [0.25, 0.3) is 0 Å². The lowest BCUT2D eigenvalue weighted by Crippen LogP contribution is -2.15. The molecule has 11 heteroatoms. The van der Waals surface area contributed by atoms with Gasteiger partial charge in [0, 0.05) is 18.2 Å². The molecule has 136 valence electrons. The third-order valence-electron chi connectivity index (χ3n) is 3.22. The molecule has 0 spiro atoms. The molecule has 0 aliphatic rings. The van der Waals surface area contributed by atoms with E-state index in [1.165, 1.54) is 31.4 Å². The molecule has 0 fully saturated rings. The molecule has 0 radical (unpaired) electrons. The van der Waals surface area contributed by atoms with Gasteiger partial charge in [0.25, 0.3) is 11.4 Å². The SMILES string of the molecule is COc1ccc([N+](=O)[O-])c(C(=O)OCCNc2ccc([N+](=O)[O-])cn2)c1. The standard InChI is InChI=1S/C15H14N4O7/c1-25-11-3-4-13(19(23)24)12(8-11)15(20)26-7-6-16-14-5-2-10(9-17-14)18(21)22/h2-5,8-9H,6-7H2,1H3,(H,16,17). The van der Waals surface area contributed by atoms with Crippen LogP contribution in [0, 0.1) is 20.2 Å². The first-order valence-electron chi connectivity index (χ1n) is 7.26. The minimum Gasteiger partial charge on any atom is -0.497 e. The molecule has 0 amide bonds. The minimum atomic E-state index is -0.867. The molecule has 1 heterocycles. The number of anilines is 1. The average Bonchev–Trinajstić information content (AvgIpc) is 2.64. The lowest BCUT2D eigenvalue weighted by molar-refractivity contribution is -0.385. The Morgan fingerprint density at radius 1 is 1.19 bits per heavy atom. The summed E-state index contributed by atoms with van der Waals surface area (Å²) in [6, 6.07) is 6.45. The Hall–Kier alpha value is -3.76. The highest BCUT2D eigenvalue weighted by molar-refractivity contribution is 5.94. The zero-order chi connectivity index (χ0) is 19.1. The van der Waals surface area contributed by atoms with Crippen molar-refractivity contribution < 1.29 is 24.1 Å². The van der Waals surface area contributed by atoms with Gasteiger partial charge in [0.1, 0.15) is 29.9 Å². The number of nitrogens with zero attached hydrogens (tertiary/aromatic N) is 3. The van der Waals surface area contributed by atoms with Crippen molar-refractivity contribution in [1.82, 2.24) is 4.98 Å². The van der Waals surface area contributed by atoms with E-state index in [0.29, 0.717) is 5.82 Å². The molecule has 0 saturated heterocycles. The summed E-state index contributed by atoms with van der Waals surface area (Å²) in [5, 5.41) is 24.3. The summed E-state index contributed by atoms with van der Waals surface area (Å²) in [5.74, 6) is -0.219. The summed E-state index contributed by atoms with van der Waals surface area (Å²) in [4.78, 5) is 36.2. The van der Waals surface area contributed by atoms with Crippen LogP contribution in [0.3, 0.4) is 0 Å². The van der Waals surface area contributed by atoms with Gasteiger partial charge in [0.15, 0.2) is 0 Å². The van der Waals surface area contributed by atoms with Crippen LogP contribution in [0.2, 0.25) is 0 Å². The van der Waals surface area contributed by atoms with E-state index in [1.807, 2.05) is 0 Å². The van der Waals surface area contributed by atoms with Gasteiger partial charge in [-0.25, -0.2) is 9.78 Å². The first-order valence-corrected chi connectivity index (χ1v) is 7.26. The fourth-order valence-electron chi connectivity index (χ4n) is 1.96. The highest BCUT2D eigenvalue weighted by Crippen LogP contribution is 2.24. The van der Waals surface area contributed by atoms with Gasteiger partial charge in [-0.2, -0.15) is 0 Å². The van der Waals surface area contributed by atoms with E-state index >= 15 is 0 Å². The van der Waals surface area contributed by atoms with Gasteiger partial charge >= 0.3 is 5.97 Å². The van der Waals surface area contributed by atoms with E-state index in [2.05, 4.69) is 10.3 Å². The van der Waals surface area contributed by atoms with Gasteiger partial charge < -0.3 is 14.8 Å². The number of methoxy groups -OCH3 is 1. The molecule has 0 aliphatic heterocycles. The van der Waals surface area contributed by atoms with E-state index in [4.69, 9.17) is 9.47 Å². The quantitative estimate of drug-likeness (QED) is 0.323. The second-order valence-corrected chi connectivity index (χ2v) is 4.86. The molecule has 0 unspecified atom stereocenters. The Balaban J connectivity index is 1.92. The second kappa shape index (κ2) is 8.37. The third kappa shape index (κ3) is 4.63. The van der Waals surface area contributed by atoms with Gasteiger partial charge in [0.2, 0.25) is 0 Å². The van der Waals surface area contributed by atoms with E-state index in [1.54, 1.807) is 0 Å². The Labute approximate surface area is 146 Å². The number of carbonyl (C=O) groups excluding carboxylic acids is 1. The van der Waals surface area contributed by atoms with Crippen molar-refractivity contribution in [3.05, 3.63) is 62.3 Å². The number of ether oxygens (including phenoxy) is 2. The van der Waals surface area contributed by atoms with Crippen LogP contribution < -0.4 is 10.1 Å². The van der Waals surface area contributed by atoms with Crippen molar-refractivity contribution in [2.75, 3.05) is 25.6 Å². The van der Waals surface area contributed by atoms with Crippen LogP contribution in [0.5, 0.6) is 5.75 Å². The van der Waals surface area contributed by atoms with E-state index < -0.39 is 15.8 Å². The van der Waals surface area contributed by atoms with E-state index in [9.17, 15) is 25.0 Å².